The minimum Gasteiger partial charge on any atom is -0.120 e. The molecule has 0 atom stereocenters. The highest BCUT2D eigenvalue weighted by Crippen LogP contribution is 2.04. The van der Waals surface area contributed by atoms with Crippen LogP contribution in [0.25, 0.3) is 0 Å². The molecule has 0 nitrogen and oxygen atoms in total. The van der Waals surface area contributed by atoms with E-state index in [0.717, 1.165) is 24.8 Å². The molecule has 0 aromatic heterocycles. The fourth-order valence-corrected chi connectivity index (χ4v) is 1.48. The van der Waals surface area contributed by atoms with Crippen LogP contribution < -0.4 is 0 Å². The molecule has 1 rings (SSSR count). The van der Waals surface area contributed by atoms with Crippen LogP contribution in [0.1, 0.15) is 44.1 Å². The highest BCUT2D eigenvalue weighted by molar-refractivity contribution is 5.33. The predicted molar refractivity (Wildman–Crippen MR) is 69.9 cm³/mol. The molecular formula is C16H18. The van der Waals surface area contributed by atoms with Crippen LogP contribution >= 0.6 is 0 Å². The molecule has 0 spiro atoms. The van der Waals surface area contributed by atoms with Crippen molar-refractivity contribution in [1.82, 2.24) is 0 Å². The molecule has 0 aliphatic carbocycles. The van der Waals surface area contributed by atoms with Gasteiger partial charge >= 0.3 is 0 Å². The molecule has 0 radical (unpaired) electrons. The van der Waals surface area contributed by atoms with Gasteiger partial charge in [-0.1, -0.05) is 42.9 Å². The van der Waals surface area contributed by atoms with Gasteiger partial charge in [-0.15, -0.1) is 12.3 Å². The SMILES string of the molecule is C#CCCCCCCC#Cc1ccccc1. The third-order valence-electron chi connectivity index (χ3n) is 2.38. The van der Waals surface area contributed by atoms with Gasteiger partial charge in [0.25, 0.3) is 0 Å². The Kier molecular flexibility index (Phi) is 6.70. The van der Waals surface area contributed by atoms with Gasteiger partial charge in [0.05, 0.1) is 0 Å². The predicted octanol–water partition coefficient (Wildman–Crippen LogP) is 4.01. The molecule has 0 bridgehead atoms. The Hall–Kier alpha value is -1.66. The Morgan fingerprint density at radius 3 is 2.25 bits per heavy atom. The molecule has 0 heteroatoms. The maximum Gasteiger partial charge on any atom is 0.0245 e. The van der Waals surface area contributed by atoms with E-state index in [1.165, 1.54) is 19.3 Å². The maximum absolute atomic E-state index is 5.18. The van der Waals surface area contributed by atoms with Crippen LogP contribution in [0.4, 0.5) is 0 Å². The Morgan fingerprint density at radius 1 is 0.875 bits per heavy atom. The van der Waals surface area contributed by atoms with Crippen LogP contribution in [0.5, 0.6) is 0 Å². The first-order chi connectivity index (χ1) is 7.93. The topological polar surface area (TPSA) is 0 Å². The van der Waals surface area contributed by atoms with E-state index in [-0.39, 0.29) is 0 Å². The molecule has 16 heavy (non-hydrogen) atoms. The van der Waals surface area contributed by atoms with Crippen LogP contribution in [0.15, 0.2) is 30.3 Å². The summed E-state index contributed by atoms with van der Waals surface area (Å²) < 4.78 is 0. The summed E-state index contributed by atoms with van der Waals surface area (Å²) in [5.74, 6) is 9.03. The molecule has 82 valence electrons. The van der Waals surface area contributed by atoms with E-state index >= 15 is 0 Å². The van der Waals surface area contributed by atoms with Gasteiger partial charge in [0.2, 0.25) is 0 Å². The van der Waals surface area contributed by atoms with Crippen molar-refractivity contribution in [3.63, 3.8) is 0 Å². The van der Waals surface area contributed by atoms with Crippen molar-refractivity contribution in [2.45, 2.75) is 38.5 Å². The molecule has 0 aliphatic rings. The zero-order valence-electron chi connectivity index (χ0n) is 9.71. The fraction of sp³-hybridized carbons (Fsp3) is 0.375. The first-order valence-electron chi connectivity index (χ1n) is 5.91. The van der Waals surface area contributed by atoms with E-state index in [1.54, 1.807) is 0 Å². The summed E-state index contributed by atoms with van der Waals surface area (Å²) in [6.07, 6.45) is 11.9. The quantitative estimate of drug-likeness (QED) is 0.509. The van der Waals surface area contributed by atoms with E-state index in [4.69, 9.17) is 6.42 Å². The molecule has 0 unspecified atom stereocenters. The van der Waals surface area contributed by atoms with Gasteiger partial charge in [-0.25, -0.2) is 0 Å². The molecule has 0 amide bonds. The van der Waals surface area contributed by atoms with Gasteiger partial charge in [0.15, 0.2) is 0 Å². The molecule has 0 aliphatic heterocycles. The molecule has 1 aromatic carbocycles. The van der Waals surface area contributed by atoms with Gasteiger partial charge < -0.3 is 0 Å². The summed E-state index contributed by atoms with van der Waals surface area (Å²) in [5.41, 5.74) is 1.11. The molecule has 0 fully saturated rings. The summed E-state index contributed by atoms with van der Waals surface area (Å²) in [4.78, 5) is 0. The second kappa shape index (κ2) is 8.63. The van der Waals surface area contributed by atoms with Crippen molar-refractivity contribution in [2.75, 3.05) is 0 Å². The largest absolute Gasteiger partial charge is 0.120 e. The van der Waals surface area contributed by atoms with Gasteiger partial charge in [-0.05, 0) is 25.0 Å². The summed E-state index contributed by atoms with van der Waals surface area (Å²) in [5, 5.41) is 0. The third-order valence-corrected chi connectivity index (χ3v) is 2.38. The van der Waals surface area contributed by atoms with Crippen LogP contribution in [0, 0.1) is 24.2 Å². The molecular weight excluding hydrogens is 192 g/mol. The van der Waals surface area contributed by atoms with Crippen molar-refractivity contribution in [2.24, 2.45) is 0 Å². The summed E-state index contributed by atoms with van der Waals surface area (Å²) in [6, 6.07) is 10.1. The van der Waals surface area contributed by atoms with E-state index in [1.807, 2.05) is 30.3 Å². The van der Waals surface area contributed by atoms with Crippen LogP contribution in [-0.4, -0.2) is 0 Å². The standard InChI is InChI=1S/C16H18/c1-2-3-4-5-6-7-8-10-13-16-14-11-9-12-15-16/h1,9,11-12,14-15H,3-8H2. The highest BCUT2D eigenvalue weighted by atomic mass is 13.9. The lowest BCUT2D eigenvalue weighted by molar-refractivity contribution is 0.661. The molecule has 0 heterocycles. The minimum atomic E-state index is 0.912. The number of hydrogen-bond donors (Lipinski definition) is 0. The van der Waals surface area contributed by atoms with E-state index in [9.17, 15) is 0 Å². The first-order valence-corrected chi connectivity index (χ1v) is 5.91. The normalized spacial score (nSPS) is 8.94. The lowest BCUT2D eigenvalue weighted by Gasteiger charge is -1.94. The monoisotopic (exact) mass is 210 g/mol. The molecule has 1 aromatic rings. The van der Waals surface area contributed by atoms with Gasteiger partial charge in [-0.3, -0.25) is 0 Å². The van der Waals surface area contributed by atoms with Crippen molar-refractivity contribution in [1.29, 1.82) is 0 Å². The number of hydrogen-bond acceptors (Lipinski definition) is 0. The van der Waals surface area contributed by atoms with Crippen molar-refractivity contribution in [3.8, 4) is 24.2 Å². The second-order valence-electron chi connectivity index (χ2n) is 3.79. The van der Waals surface area contributed by atoms with E-state index < -0.39 is 0 Å². The molecule has 0 saturated heterocycles. The van der Waals surface area contributed by atoms with Gasteiger partial charge in [-0.2, -0.15) is 0 Å². The average Bonchev–Trinajstić information content (AvgIpc) is 2.34. The Morgan fingerprint density at radius 2 is 1.56 bits per heavy atom. The van der Waals surface area contributed by atoms with Crippen molar-refractivity contribution < 1.29 is 0 Å². The fourth-order valence-electron chi connectivity index (χ4n) is 1.48. The Labute approximate surface area is 99.1 Å². The number of unbranched alkanes of at least 4 members (excludes halogenated alkanes) is 5. The second-order valence-corrected chi connectivity index (χ2v) is 3.79. The van der Waals surface area contributed by atoms with Gasteiger partial charge in [0.1, 0.15) is 0 Å². The lowest BCUT2D eigenvalue weighted by atomic mass is 10.1. The number of benzene rings is 1. The smallest absolute Gasteiger partial charge is 0.0245 e. The third kappa shape index (κ3) is 5.94. The average molecular weight is 210 g/mol. The van der Waals surface area contributed by atoms with Crippen molar-refractivity contribution in [3.05, 3.63) is 35.9 Å². The lowest BCUT2D eigenvalue weighted by Crippen LogP contribution is -1.77. The summed E-state index contributed by atoms with van der Waals surface area (Å²) in [6.45, 7) is 0. The zero-order valence-corrected chi connectivity index (χ0v) is 9.71. The minimum absolute atomic E-state index is 0.912. The van der Waals surface area contributed by atoms with Crippen molar-refractivity contribution >= 4 is 0 Å². The first kappa shape index (κ1) is 12.4. The van der Waals surface area contributed by atoms with Crippen LogP contribution in [0.3, 0.4) is 0 Å². The highest BCUT2D eigenvalue weighted by Gasteiger charge is 1.87. The van der Waals surface area contributed by atoms with Crippen LogP contribution in [0.2, 0.25) is 0 Å². The number of rotatable bonds is 5. The van der Waals surface area contributed by atoms with Crippen LogP contribution in [-0.2, 0) is 0 Å². The maximum atomic E-state index is 5.18. The summed E-state index contributed by atoms with van der Waals surface area (Å²) in [7, 11) is 0. The van der Waals surface area contributed by atoms with E-state index in [2.05, 4.69) is 17.8 Å². The van der Waals surface area contributed by atoms with Gasteiger partial charge in [0, 0.05) is 18.4 Å². The number of terminal acetylenes is 1. The zero-order chi connectivity index (χ0) is 11.5. The Bertz CT molecular complexity index is 370. The van der Waals surface area contributed by atoms with E-state index in [0.29, 0.717) is 0 Å². The Balaban J connectivity index is 2.08. The molecule has 0 saturated carbocycles. The summed E-state index contributed by atoms with van der Waals surface area (Å²) >= 11 is 0. The molecule has 0 N–H and O–H groups in total.